The molecule has 8 heteroatoms. The van der Waals surface area contributed by atoms with Crippen LogP contribution in [0.4, 0.5) is 0 Å². The predicted octanol–water partition coefficient (Wildman–Crippen LogP) is 3.07. The van der Waals surface area contributed by atoms with Crippen LogP contribution in [0.15, 0.2) is 22.0 Å². The van der Waals surface area contributed by atoms with Crippen LogP contribution in [0.5, 0.6) is 0 Å². The molecular weight excluding hydrogens is 348 g/mol. The zero-order chi connectivity index (χ0) is 16.2. The molecule has 132 valence electrons. The second-order valence-corrected chi connectivity index (χ2v) is 6.88. The van der Waals surface area contributed by atoms with E-state index < -0.39 is 0 Å². The minimum atomic E-state index is -0.107. The Morgan fingerprint density at radius 1 is 1.54 bits per heavy atom. The van der Waals surface area contributed by atoms with Crippen molar-refractivity contribution in [1.29, 1.82) is 0 Å². The van der Waals surface area contributed by atoms with Crippen LogP contribution in [-0.4, -0.2) is 40.6 Å². The number of thiophene rings is 1. The Kier molecular flexibility index (Phi) is 6.77. The molecule has 6 nitrogen and oxygen atoms in total. The number of piperidine rings is 1. The lowest BCUT2D eigenvalue weighted by atomic mass is 10.0. The van der Waals surface area contributed by atoms with Crippen LogP contribution in [0.3, 0.4) is 0 Å². The van der Waals surface area contributed by atoms with E-state index in [-0.39, 0.29) is 30.4 Å². The number of halogens is 1. The average molecular weight is 371 g/mol. The molecule has 2 aromatic rings. The van der Waals surface area contributed by atoms with Gasteiger partial charge in [0.1, 0.15) is 6.04 Å². The summed E-state index contributed by atoms with van der Waals surface area (Å²) in [6, 6.07) is 3.95. The highest BCUT2D eigenvalue weighted by atomic mass is 35.5. The Morgan fingerprint density at radius 3 is 3.08 bits per heavy atom. The average Bonchev–Trinajstić information content (AvgIpc) is 3.26. The Hall–Kier alpha value is -1.44. The molecule has 0 saturated carbocycles. The third kappa shape index (κ3) is 4.15. The summed E-state index contributed by atoms with van der Waals surface area (Å²) in [6.45, 7) is 2.81. The van der Waals surface area contributed by atoms with Crippen LogP contribution in [0, 0.1) is 0 Å². The molecule has 0 spiro atoms. The Balaban J connectivity index is 0.00000208. The summed E-state index contributed by atoms with van der Waals surface area (Å²) < 4.78 is 5.47. The fourth-order valence-corrected chi connectivity index (χ4v) is 3.51. The van der Waals surface area contributed by atoms with E-state index in [9.17, 15) is 4.79 Å². The zero-order valence-electron chi connectivity index (χ0n) is 13.9. The number of rotatable bonds is 5. The first-order valence-corrected chi connectivity index (χ1v) is 8.91. The highest BCUT2D eigenvalue weighted by molar-refractivity contribution is 7.12. The molecule has 0 bridgehead atoms. The molecular formula is C16H23ClN4O2S. The van der Waals surface area contributed by atoms with Gasteiger partial charge in [-0.25, -0.2) is 0 Å². The van der Waals surface area contributed by atoms with E-state index in [1.165, 1.54) is 11.3 Å². The van der Waals surface area contributed by atoms with Crippen molar-refractivity contribution in [1.82, 2.24) is 20.4 Å². The lowest BCUT2D eigenvalue weighted by Crippen LogP contribution is -2.38. The first kappa shape index (κ1) is 18.9. The normalized spacial score (nSPS) is 18.9. The van der Waals surface area contributed by atoms with Crippen molar-refractivity contribution in [3.8, 4) is 0 Å². The minimum absolute atomic E-state index is 0. The molecule has 2 aromatic heterocycles. The summed E-state index contributed by atoms with van der Waals surface area (Å²) in [6.07, 6.45) is 3.68. The maximum absolute atomic E-state index is 12.7. The van der Waals surface area contributed by atoms with Crippen LogP contribution in [0.2, 0.25) is 0 Å². The van der Waals surface area contributed by atoms with Gasteiger partial charge in [0.25, 0.3) is 5.91 Å². The Morgan fingerprint density at radius 2 is 2.38 bits per heavy atom. The van der Waals surface area contributed by atoms with Crippen molar-refractivity contribution in [2.24, 2.45) is 0 Å². The van der Waals surface area contributed by atoms with Crippen LogP contribution in [0.1, 0.15) is 53.6 Å². The monoisotopic (exact) mass is 370 g/mol. The van der Waals surface area contributed by atoms with E-state index in [1.807, 2.05) is 29.5 Å². The number of aromatic nitrogens is 2. The SMILES string of the molecule is CNC(C)Cc1noc(C2CCCCN2C(=O)c2cccs2)n1.Cl. The molecule has 1 fully saturated rings. The fourth-order valence-electron chi connectivity index (χ4n) is 2.83. The van der Waals surface area contributed by atoms with Crippen molar-refractivity contribution in [2.75, 3.05) is 13.6 Å². The number of carbonyl (C=O) groups is 1. The van der Waals surface area contributed by atoms with Gasteiger partial charge in [-0.3, -0.25) is 4.79 Å². The first-order chi connectivity index (χ1) is 11.2. The van der Waals surface area contributed by atoms with E-state index in [0.29, 0.717) is 18.1 Å². The van der Waals surface area contributed by atoms with Gasteiger partial charge in [-0.2, -0.15) is 4.98 Å². The Bertz CT molecular complexity index is 646. The topological polar surface area (TPSA) is 71.3 Å². The second kappa shape index (κ2) is 8.60. The number of carbonyl (C=O) groups excluding carboxylic acids is 1. The van der Waals surface area contributed by atoms with Gasteiger partial charge in [-0.05, 0) is 44.7 Å². The van der Waals surface area contributed by atoms with Crippen LogP contribution in [-0.2, 0) is 6.42 Å². The number of hydrogen-bond donors (Lipinski definition) is 1. The van der Waals surface area contributed by atoms with Gasteiger partial charge >= 0.3 is 0 Å². The molecule has 3 rings (SSSR count). The highest BCUT2D eigenvalue weighted by Crippen LogP contribution is 2.32. The minimum Gasteiger partial charge on any atom is -0.337 e. The summed E-state index contributed by atoms with van der Waals surface area (Å²) in [7, 11) is 1.91. The number of nitrogens with one attached hydrogen (secondary N) is 1. The maximum Gasteiger partial charge on any atom is 0.264 e. The molecule has 0 aliphatic carbocycles. The number of nitrogens with zero attached hydrogens (tertiary/aromatic N) is 3. The first-order valence-electron chi connectivity index (χ1n) is 8.03. The number of amides is 1. The van der Waals surface area contributed by atoms with Gasteiger partial charge in [0.15, 0.2) is 5.82 Å². The quantitative estimate of drug-likeness (QED) is 0.875. The highest BCUT2D eigenvalue weighted by Gasteiger charge is 2.33. The van der Waals surface area contributed by atoms with Gasteiger partial charge in [-0.15, -0.1) is 23.7 Å². The largest absolute Gasteiger partial charge is 0.337 e. The molecule has 1 saturated heterocycles. The lowest BCUT2D eigenvalue weighted by Gasteiger charge is -2.33. The summed E-state index contributed by atoms with van der Waals surface area (Å²) in [5, 5.41) is 9.16. The summed E-state index contributed by atoms with van der Waals surface area (Å²) in [5.41, 5.74) is 0. The third-order valence-corrected chi connectivity index (χ3v) is 5.10. The molecule has 1 aliphatic rings. The van der Waals surface area contributed by atoms with Crippen LogP contribution >= 0.6 is 23.7 Å². The van der Waals surface area contributed by atoms with Gasteiger partial charge in [-0.1, -0.05) is 11.2 Å². The van der Waals surface area contributed by atoms with Crippen LogP contribution < -0.4 is 5.32 Å². The number of hydrogen-bond acceptors (Lipinski definition) is 6. The molecule has 0 aromatic carbocycles. The number of likely N-dealkylation sites (tertiary alicyclic amines) is 1. The molecule has 24 heavy (non-hydrogen) atoms. The van der Waals surface area contributed by atoms with E-state index in [4.69, 9.17) is 4.52 Å². The Labute approximate surface area is 152 Å². The van der Waals surface area contributed by atoms with Gasteiger partial charge in [0, 0.05) is 19.0 Å². The lowest BCUT2D eigenvalue weighted by molar-refractivity contribution is 0.0566. The van der Waals surface area contributed by atoms with Crippen molar-refractivity contribution in [2.45, 2.75) is 44.7 Å². The molecule has 0 radical (unpaired) electrons. The predicted molar refractivity (Wildman–Crippen MR) is 95.7 cm³/mol. The fraction of sp³-hybridized carbons (Fsp3) is 0.562. The van der Waals surface area contributed by atoms with Crippen molar-refractivity contribution >= 4 is 29.7 Å². The summed E-state index contributed by atoms with van der Waals surface area (Å²) in [5.74, 6) is 1.32. The smallest absolute Gasteiger partial charge is 0.264 e. The van der Waals surface area contributed by atoms with Crippen LogP contribution in [0.25, 0.3) is 0 Å². The molecule has 3 heterocycles. The van der Waals surface area contributed by atoms with E-state index >= 15 is 0 Å². The zero-order valence-corrected chi connectivity index (χ0v) is 15.5. The van der Waals surface area contributed by atoms with Gasteiger partial charge < -0.3 is 14.7 Å². The molecule has 1 amide bonds. The maximum atomic E-state index is 12.7. The van der Waals surface area contributed by atoms with Crippen molar-refractivity contribution in [3.63, 3.8) is 0 Å². The third-order valence-electron chi connectivity index (χ3n) is 4.25. The van der Waals surface area contributed by atoms with Crippen molar-refractivity contribution < 1.29 is 9.32 Å². The molecule has 1 aliphatic heterocycles. The van der Waals surface area contributed by atoms with E-state index in [0.717, 1.165) is 30.7 Å². The summed E-state index contributed by atoms with van der Waals surface area (Å²) >= 11 is 1.47. The van der Waals surface area contributed by atoms with E-state index in [2.05, 4.69) is 22.4 Å². The van der Waals surface area contributed by atoms with Gasteiger partial charge in [0.05, 0.1) is 4.88 Å². The van der Waals surface area contributed by atoms with Crippen molar-refractivity contribution in [3.05, 3.63) is 34.1 Å². The standard InChI is InChI=1S/C16H22N4O2S.ClH/c1-11(17-2)10-14-18-15(22-19-14)12-6-3-4-8-20(12)16(21)13-7-5-9-23-13;/h5,7,9,11-12,17H,3-4,6,8,10H2,1-2H3;1H. The van der Waals surface area contributed by atoms with E-state index in [1.54, 1.807) is 0 Å². The molecule has 2 atom stereocenters. The molecule has 1 N–H and O–H groups in total. The number of likely N-dealkylation sites (N-methyl/N-ethyl adjacent to an activating group) is 1. The summed E-state index contributed by atoms with van der Waals surface area (Å²) in [4.78, 5) is 19.9. The second-order valence-electron chi connectivity index (χ2n) is 5.93. The van der Waals surface area contributed by atoms with Gasteiger partial charge in [0.2, 0.25) is 5.89 Å². The molecule has 2 unspecified atom stereocenters.